The molecular formula is C27H21N3O6S. The third-order valence-electron chi connectivity index (χ3n) is 5.47. The molecule has 4 aromatic carbocycles. The topological polar surface area (TPSA) is 135 Å². The zero-order valence-electron chi connectivity index (χ0n) is 19.5. The van der Waals surface area contributed by atoms with Gasteiger partial charge < -0.3 is 5.32 Å². The summed E-state index contributed by atoms with van der Waals surface area (Å²) in [5.74, 6) is -0.961. The Labute approximate surface area is 213 Å². The van der Waals surface area contributed by atoms with Crippen molar-refractivity contribution in [2.24, 2.45) is 0 Å². The van der Waals surface area contributed by atoms with Crippen LogP contribution in [0.1, 0.15) is 31.8 Å². The first-order chi connectivity index (χ1) is 17.7. The highest BCUT2D eigenvalue weighted by molar-refractivity contribution is 7.92. The third-order valence-corrected chi connectivity index (χ3v) is 6.88. The monoisotopic (exact) mass is 515 g/mol. The summed E-state index contributed by atoms with van der Waals surface area (Å²) in [4.78, 5) is 36.4. The molecule has 0 heterocycles. The van der Waals surface area contributed by atoms with Crippen LogP contribution in [0.15, 0.2) is 102 Å². The average molecular weight is 516 g/mol. The predicted molar refractivity (Wildman–Crippen MR) is 139 cm³/mol. The number of hydrogen-bond donors (Lipinski definition) is 2. The van der Waals surface area contributed by atoms with Crippen LogP contribution in [0.2, 0.25) is 0 Å². The molecule has 0 fully saturated rings. The van der Waals surface area contributed by atoms with Crippen LogP contribution in [0.5, 0.6) is 0 Å². The molecule has 0 aliphatic carbocycles. The molecule has 0 saturated heterocycles. The quantitative estimate of drug-likeness (QED) is 0.188. The van der Waals surface area contributed by atoms with E-state index < -0.39 is 31.4 Å². The Morgan fingerprint density at radius 3 is 2.16 bits per heavy atom. The van der Waals surface area contributed by atoms with Crippen LogP contribution in [-0.4, -0.2) is 25.0 Å². The first-order valence-electron chi connectivity index (χ1n) is 11.0. The minimum Gasteiger partial charge on any atom is -0.321 e. The standard InChI is InChI=1S/C27H21N3O6S/c1-18-15-16-22(21(17-18)26(31)19-9-3-2-4-10-19)28-27(32)20-11-5-6-12-23(20)29-37(35,36)25-14-8-7-13-24(25)30(33)34/h2-17,29H,1H3,(H,28,32). The number of nitrogens with zero attached hydrogens (tertiary/aromatic N) is 1. The number of anilines is 2. The average Bonchev–Trinajstić information content (AvgIpc) is 2.89. The molecule has 10 heteroatoms. The highest BCUT2D eigenvalue weighted by Gasteiger charge is 2.27. The van der Waals surface area contributed by atoms with E-state index in [0.29, 0.717) is 5.56 Å². The Bertz CT molecular complexity index is 1620. The lowest BCUT2D eigenvalue weighted by Crippen LogP contribution is -2.20. The van der Waals surface area contributed by atoms with E-state index in [0.717, 1.165) is 17.7 Å². The van der Waals surface area contributed by atoms with Gasteiger partial charge in [0, 0.05) is 17.2 Å². The van der Waals surface area contributed by atoms with Gasteiger partial charge in [-0.3, -0.25) is 24.4 Å². The van der Waals surface area contributed by atoms with Crippen molar-refractivity contribution in [3.63, 3.8) is 0 Å². The Morgan fingerprint density at radius 2 is 1.43 bits per heavy atom. The number of benzene rings is 4. The maximum atomic E-state index is 13.3. The van der Waals surface area contributed by atoms with Gasteiger partial charge in [-0.05, 0) is 37.3 Å². The fourth-order valence-corrected chi connectivity index (χ4v) is 4.95. The van der Waals surface area contributed by atoms with Crippen LogP contribution in [0.3, 0.4) is 0 Å². The smallest absolute Gasteiger partial charge is 0.289 e. The van der Waals surface area contributed by atoms with Crippen LogP contribution >= 0.6 is 0 Å². The van der Waals surface area contributed by atoms with Crippen molar-refractivity contribution < 1.29 is 22.9 Å². The number of carbonyl (C=O) groups is 2. The van der Waals surface area contributed by atoms with Gasteiger partial charge in [0.15, 0.2) is 10.7 Å². The molecule has 4 rings (SSSR count). The number of hydrogen-bond acceptors (Lipinski definition) is 6. The Kier molecular flexibility index (Phi) is 7.12. The van der Waals surface area contributed by atoms with E-state index in [1.807, 2.05) is 6.92 Å². The van der Waals surface area contributed by atoms with Crippen molar-refractivity contribution >= 4 is 38.8 Å². The zero-order chi connectivity index (χ0) is 26.6. The molecule has 186 valence electrons. The molecule has 0 aliphatic rings. The van der Waals surface area contributed by atoms with E-state index in [1.165, 1.54) is 30.3 Å². The summed E-state index contributed by atoms with van der Waals surface area (Å²) in [6.45, 7) is 1.82. The zero-order valence-corrected chi connectivity index (χ0v) is 20.4. The minimum absolute atomic E-state index is 0.0386. The van der Waals surface area contributed by atoms with E-state index in [9.17, 15) is 28.1 Å². The van der Waals surface area contributed by atoms with Crippen LogP contribution in [0, 0.1) is 17.0 Å². The fourth-order valence-electron chi connectivity index (χ4n) is 3.69. The largest absolute Gasteiger partial charge is 0.321 e. The second-order valence-corrected chi connectivity index (χ2v) is 9.73. The fraction of sp³-hybridized carbons (Fsp3) is 0.0370. The maximum Gasteiger partial charge on any atom is 0.289 e. The number of carbonyl (C=O) groups excluding carboxylic acids is 2. The Balaban J connectivity index is 1.67. The maximum absolute atomic E-state index is 13.3. The SMILES string of the molecule is Cc1ccc(NC(=O)c2ccccc2NS(=O)(=O)c2ccccc2[N+](=O)[O-])c(C(=O)c2ccccc2)c1. The lowest BCUT2D eigenvalue weighted by Gasteiger charge is -2.15. The number of sulfonamides is 1. The van der Waals surface area contributed by atoms with E-state index in [4.69, 9.17) is 0 Å². The van der Waals surface area contributed by atoms with E-state index in [2.05, 4.69) is 10.0 Å². The molecule has 0 atom stereocenters. The lowest BCUT2D eigenvalue weighted by molar-refractivity contribution is -0.387. The molecule has 0 aromatic heterocycles. The van der Waals surface area contributed by atoms with E-state index in [-0.39, 0.29) is 28.3 Å². The van der Waals surface area contributed by atoms with Crippen molar-refractivity contribution in [1.29, 1.82) is 0 Å². The number of nitrogens with one attached hydrogen (secondary N) is 2. The molecule has 0 radical (unpaired) electrons. The van der Waals surface area contributed by atoms with Gasteiger partial charge in [0.25, 0.3) is 21.6 Å². The van der Waals surface area contributed by atoms with Gasteiger partial charge in [0.2, 0.25) is 0 Å². The molecule has 0 bridgehead atoms. The van der Waals surface area contributed by atoms with Gasteiger partial charge >= 0.3 is 0 Å². The predicted octanol–water partition coefficient (Wildman–Crippen LogP) is 5.19. The number of nitro groups is 1. The number of rotatable bonds is 8. The van der Waals surface area contributed by atoms with Crippen molar-refractivity contribution in [2.45, 2.75) is 11.8 Å². The number of aryl methyl sites for hydroxylation is 1. The third kappa shape index (κ3) is 5.54. The summed E-state index contributed by atoms with van der Waals surface area (Å²) >= 11 is 0. The van der Waals surface area contributed by atoms with Crippen LogP contribution < -0.4 is 10.0 Å². The number of para-hydroxylation sites is 2. The van der Waals surface area contributed by atoms with Crippen LogP contribution in [0.4, 0.5) is 17.1 Å². The summed E-state index contributed by atoms with van der Waals surface area (Å²) in [7, 11) is -4.41. The molecule has 9 nitrogen and oxygen atoms in total. The van der Waals surface area contributed by atoms with Gasteiger partial charge in [-0.15, -0.1) is 0 Å². The molecule has 1 amide bonds. The second kappa shape index (κ2) is 10.4. The Morgan fingerprint density at radius 1 is 0.784 bits per heavy atom. The normalized spacial score (nSPS) is 10.9. The first-order valence-corrected chi connectivity index (χ1v) is 12.5. The summed E-state index contributed by atoms with van der Waals surface area (Å²) < 4.78 is 28.3. The minimum atomic E-state index is -4.41. The molecule has 0 saturated carbocycles. The number of ketones is 1. The van der Waals surface area contributed by atoms with E-state index >= 15 is 0 Å². The summed E-state index contributed by atoms with van der Waals surface area (Å²) in [6.07, 6.45) is 0. The molecule has 0 aliphatic heterocycles. The summed E-state index contributed by atoms with van der Waals surface area (Å²) in [5, 5.41) is 14.0. The summed E-state index contributed by atoms with van der Waals surface area (Å²) in [6, 6.07) is 24.3. The lowest BCUT2D eigenvalue weighted by atomic mass is 9.99. The van der Waals surface area contributed by atoms with Crippen LogP contribution in [0.25, 0.3) is 0 Å². The first kappa shape index (κ1) is 25.3. The van der Waals surface area contributed by atoms with Crippen molar-refractivity contribution in [1.82, 2.24) is 0 Å². The molecule has 0 spiro atoms. The van der Waals surface area contributed by atoms with Crippen molar-refractivity contribution in [3.05, 3.63) is 129 Å². The van der Waals surface area contributed by atoms with Crippen LogP contribution in [-0.2, 0) is 10.0 Å². The van der Waals surface area contributed by atoms with Gasteiger partial charge in [0.1, 0.15) is 0 Å². The highest BCUT2D eigenvalue weighted by Crippen LogP contribution is 2.28. The highest BCUT2D eigenvalue weighted by atomic mass is 32.2. The van der Waals surface area contributed by atoms with Gasteiger partial charge in [-0.25, -0.2) is 8.42 Å². The Hall–Kier alpha value is -4.83. The molecule has 4 aromatic rings. The molecular weight excluding hydrogens is 494 g/mol. The number of amides is 1. The van der Waals surface area contributed by atoms with Crippen molar-refractivity contribution in [2.75, 3.05) is 10.0 Å². The molecule has 2 N–H and O–H groups in total. The van der Waals surface area contributed by atoms with Gasteiger partial charge in [-0.1, -0.05) is 66.2 Å². The number of nitro benzene ring substituents is 1. The second-order valence-electron chi connectivity index (χ2n) is 8.07. The van der Waals surface area contributed by atoms with Crippen molar-refractivity contribution in [3.8, 4) is 0 Å². The summed E-state index contributed by atoms with van der Waals surface area (Å²) in [5.41, 5.74) is 1.07. The van der Waals surface area contributed by atoms with Gasteiger partial charge in [-0.2, -0.15) is 0 Å². The van der Waals surface area contributed by atoms with Gasteiger partial charge in [0.05, 0.1) is 21.9 Å². The van der Waals surface area contributed by atoms with E-state index in [1.54, 1.807) is 54.6 Å². The molecule has 0 unspecified atom stereocenters. The molecule has 37 heavy (non-hydrogen) atoms.